The van der Waals surface area contributed by atoms with Crippen LogP contribution in [0, 0.1) is 0 Å². The van der Waals surface area contributed by atoms with E-state index in [4.69, 9.17) is 4.42 Å². The molecule has 0 saturated carbocycles. The third-order valence-corrected chi connectivity index (χ3v) is 2.78. The van der Waals surface area contributed by atoms with Crippen LogP contribution in [0.2, 0.25) is 0 Å². The Bertz CT molecular complexity index is 640. The molecule has 7 nitrogen and oxygen atoms in total. The number of oxazole rings is 1. The molecule has 0 unspecified atom stereocenters. The maximum absolute atomic E-state index is 4.86. The highest BCUT2D eigenvalue weighted by Gasteiger charge is 1.94. The highest BCUT2D eigenvalue weighted by atomic mass is 32.1. The number of hydrogen-bond acceptors (Lipinski definition) is 8. The smallest absolute Gasteiger partial charge is 0.249 e. The molecular formula is C10H6N6OS. The van der Waals surface area contributed by atoms with Crippen molar-refractivity contribution < 1.29 is 4.42 Å². The molecule has 0 aliphatic heterocycles. The van der Waals surface area contributed by atoms with E-state index < -0.39 is 0 Å². The molecular weight excluding hydrogens is 252 g/mol. The van der Waals surface area contributed by atoms with Crippen LogP contribution in [0.5, 0.6) is 0 Å². The van der Waals surface area contributed by atoms with Crippen LogP contribution in [-0.4, -0.2) is 29.9 Å². The van der Waals surface area contributed by atoms with Gasteiger partial charge >= 0.3 is 0 Å². The fourth-order valence-electron chi connectivity index (χ4n) is 1.25. The van der Waals surface area contributed by atoms with E-state index in [1.807, 2.05) is 0 Å². The van der Waals surface area contributed by atoms with Crippen molar-refractivity contribution in [1.82, 2.24) is 29.9 Å². The van der Waals surface area contributed by atoms with Crippen molar-refractivity contribution in [3.63, 3.8) is 0 Å². The summed E-state index contributed by atoms with van der Waals surface area (Å²) < 4.78 is 4.86. The fraction of sp³-hybridized carbons (Fsp3) is 0. The van der Waals surface area contributed by atoms with Crippen molar-refractivity contribution in [3.8, 4) is 0 Å². The molecule has 0 bridgehead atoms. The van der Waals surface area contributed by atoms with Gasteiger partial charge in [-0.1, -0.05) is 0 Å². The average Bonchev–Trinajstić information content (AvgIpc) is 3.08. The molecule has 18 heavy (non-hydrogen) atoms. The van der Waals surface area contributed by atoms with Gasteiger partial charge in [-0.05, 0) is 0 Å². The van der Waals surface area contributed by atoms with Gasteiger partial charge in [-0.2, -0.15) is 4.98 Å². The summed E-state index contributed by atoms with van der Waals surface area (Å²) in [5.74, 6) is 0. The van der Waals surface area contributed by atoms with Crippen LogP contribution in [0.3, 0.4) is 0 Å². The second-order valence-corrected chi connectivity index (χ2v) is 3.96. The summed E-state index contributed by atoms with van der Waals surface area (Å²) >= 11 is 1.53. The Labute approximate surface area is 105 Å². The SMILES string of the molecule is c1ncc2ncoc2n1.c1ncc2ncsc2n1. The van der Waals surface area contributed by atoms with Crippen molar-refractivity contribution in [2.75, 3.05) is 0 Å². The van der Waals surface area contributed by atoms with Crippen LogP contribution in [0.1, 0.15) is 0 Å². The summed E-state index contributed by atoms with van der Waals surface area (Å²) in [5.41, 5.74) is 3.87. The van der Waals surface area contributed by atoms with Crippen molar-refractivity contribution in [3.05, 3.63) is 37.0 Å². The first-order chi connectivity index (χ1) is 8.93. The molecule has 4 rings (SSSR count). The molecule has 0 aliphatic carbocycles. The Hall–Kier alpha value is -2.48. The normalized spacial score (nSPS) is 10.2. The molecule has 4 heterocycles. The van der Waals surface area contributed by atoms with Gasteiger partial charge in [0.2, 0.25) is 5.71 Å². The number of nitrogens with zero attached hydrogens (tertiary/aromatic N) is 6. The van der Waals surface area contributed by atoms with E-state index in [2.05, 4.69) is 29.9 Å². The monoisotopic (exact) mass is 258 g/mol. The summed E-state index contributed by atoms with van der Waals surface area (Å²) in [6, 6.07) is 0. The van der Waals surface area contributed by atoms with Crippen LogP contribution < -0.4 is 0 Å². The van der Waals surface area contributed by atoms with Crippen molar-refractivity contribution >= 4 is 32.9 Å². The third-order valence-electron chi connectivity index (χ3n) is 2.03. The molecule has 0 aliphatic rings. The Kier molecular flexibility index (Phi) is 2.84. The highest BCUT2D eigenvalue weighted by molar-refractivity contribution is 7.16. The molecule has 0 amide bonds. The summed E-state index contributed by atoms with van der Waals surface area (Å²) in [4.78, 5) is 24.1. The lowest BCUT2D eigenvalue weighted by atomic mass is 10.6. The Morgan fingerprint density at radius 3 is 2.56 bits per heavy atom. The number of fused-ring (bicyclic) bond motifs is 2. The predicted octanol–water partition coefficient (Wildman–Crippen LogP) is 1.70. The van der Waals surface area contributed by atoms with Crippen LogP contribution in [0.4, 0.5) is 0 Å². The maximum Gasteiger partial charge on any atom is 0.249 e. The zero-order valence-corrected chi connectivity index (χ0v) is 9.78. The van der Waals surface area contributed by atoms with Crippen LogP contribution in [0.15, 0.2) is 41.4 Å². The van der Waals surface area contributed by atoms with Crippen LogP contribution in [-0.2, 0) is 0 Å². The first-order valence-electron chi connectivity index (χ1n) is 4.92. The second-order valence-electron chi connectivity index (χ2n) is 3.13. The van der Waals surface area contributed by atoms with E-state index in [9.17, 15) is 0 Å². The van der Waals surface area contributed by atoms with Crippen LogP contribution in [0.25, 0.3) is 21.6 Å². The minimum Gasteiger partial charge on any atom is -0.425 e. The molecule has 0 N–H and O–H groups in total. The van der Waals surface area contributed by atoms with Gasteiger partial charge in [-0.15, -0.1) is 11.3 Å². The Balaban J connectivity index is 0.000000111. The second kappa shape index (κ2) is 4.80. The lowest BCUT2D eigenvalue weighted by Gasteiger charge is -1.79. The van der Waals surface area contributed by atoms with E-state index in [0.717, 1.165) is 10.3 Å². The van der Waals surface area contributed by atoms with E-state index >= 15 is 0 Å². The van der Waals surface area contributed by atoms with Gasteiger partial charge < -0.3 is 4.42 Å². The minimum atomic E-state index is 0.532. The molecule has 0 atom stereocenters. The highest BCUT2D eigenvalue weighted by Crippen LogP contribution is 2.10. The maximum atomic E-state index is 4.86. The van der Waals surface area contributed by atoms with Gasteiger partial charge in [0, 0.05) is 0 Å². The molecule has 8 heteroatoms. The Morgan fingerprint density at radius 1 is 0.889 bits per heavy atom. The molecule has 0 aromatic carbocycles. The van der Waals surface area contributed by atoms with Crippen molar-refractivity contribution in [2.45, 2.75) is 0 Å². The van der Waals surface area contributed by atoms with Gasteiger partial charge in [-0.25, -0.2) is 24.9 Å². The van der Waals surface area contributed by atoms with Gasteiger partial charge in [0.25, 0.3) is 0 Å². The van der Waals surface area contributed by atoms with E-state index in [-0.39, 0.29) is 0 Å². The zero-order valence-electron chi connectivity index (χ0n) is 8.96. The lowest BCUT2D eigenvalue weighted by Crippen LogP contribution is -1.74. The quantitative estimate of drug-likeness (QED) is 0.474. The minimum absolute atomic E-state index is 0.532. The number of rotatable bonds is 0. The molecule has 0 fully saturated rings. The first-order valence-corrected chi connectivity index (χ1v) is 5.80. The molecule has 4 aromatic rings. The lowest BCUT2D eigenvalue weighted by molar-refractivity contribution is 0.590. The van der Waals surface area contributed by atoms with Gasteiger partial charge in [0.15, 0.2) is 6.39 Å². The predicted molar refractivity (Wildman–Crippen MR) is 64.8 cm³/mol. The van der Waals surface area contributed by atoms with Gasteiger partial charge in [0.1, 0.15) is 28.5 Å². The van der Waals surface area contributed by atoms with Crippen molar-refractivity contribution in [2.24, 2.45) is 0 Å². The largest absolute Gasteiger partial charge is 0.425 e. The number of aromatic nitrogens is 6. The van der Waals surface area contributed by atoms with E-state index in [1.54, 1.807) is 17.9 Å². The fourth-order valence-corrected chi connectivity index (χ4v) is 1.85. The van der Waals surface area contributed by atoms with E-state index in [1.165, 1.54) is 30.4 Å². The summed E-state index contributed by atoms with van der Waals surface area (Å²) in [6.45, 7) is 0. The standard InChI is InChI=1S/C5H3N3O.C5H3N3S/c2*1-4-5(7-2-6-1)9-3-8-4/h2*1-3H. The zero-order chi connectivity index (χ0) is 12.2. The van der Waals surface area contributed by atoms with E-state index in [0.29, 0.717) is 11.2 Å². The number of thiazole rings is 1. The Morgan fingerprint density at radius 2 is 1.72 bits per heavy atom. The molecule has 88 valence electrons. The van der Waals surface area contributed by atoms with Crippen molar-refractivity contribution in [1.29, 1.82) is 0 Å². The van der Waals surface area contributed by atoms with Gasteiger partial charge in [-0.3, -0.25) is 0 Å². The molecule has 0 spiro atoms. The summed E-state index contributed by atoms with van der Waals surface area (Å²) in [6.07, 6.45) is 7.61. The average molecular weight is 258 g/mol. The van der Waals surface area contributed by atoms with Gasteiger partial charge in [0.05, 0.1) is 17.9 Å². The summed E-state index contributed by atoms with van der Waals surface area (Å²) in [7, 11) is 0. The molecule has 0 saturated heterocycles. The third kappa shape index (κ3) is 2.13. The van der Waals surface area contributed by atoms with Crippen LogP contribution >= 0.6 is 11.3 Å². The number of hydrogen-bond donors (Lipinski definition) is 0. The topological polar surface area (TPSA) is 90.5 Å². The first kappa shape index (κ1) is 10.7. The molecule has 4 aromatic heterocycles. The molecule has 0 radical (unpaired) electrons. The summed E-state index contributed by atoms with van der Waals surface area (Å²) in [5, 5.41) is 0.